The van der Waals surface area contributed by atoms with E-state index in [0.29, 0.717) is 0 Å². The predicted molar refractivity (Wildman–Crippen MR) is 71.8 cm³/mol. The highest BCUT2D eigenvalue weighted by Crippen LogP contribution is 2.19. The molecule has 0 spiro atoms. The van der Waals surface area contributed by atoms with E-state index in [1.807, 2.05) is 24.1 Å². The van der Waals surface area contributed by atoms with Crippen LogP contribution in [0.25, 0.3) is 5.82 Å². The zero-order valence-electron chi connectivity index (χ0n) is 11.6. The SMILES string of the molecule is CCNCc1c(C)nn(C)c1-n1ccnc1CC. The molecule has 0 atom stereocenters. The van der Waals surface area contributed by atoms with Crippen LogP contribution in [0.1, 0.15) is 30.9 Å². The Morgan fingerprint density at radius 1 is 1.33 bits per heavy atom. The molecule has 1 N–H and O–H groups in total. The molecular formula is C13H21N5. The van der Waals surface area contributed by atoms with Gasteiger partial charge in [-0.1, -0.05) is 13.8 Å². The third kappa shape index (κ3) is 2.18. The van der Waals surface area contributed by atoms with Crippen molar-refractivity contribution < 1.29 is 0 Å². The Hall–Kier alpha value is -1.62. The summed E-state index contributed by atoms with van der Waals surface area (Å²) in [6, 6.07) is 0. The van der Waals surface area contributed by atoms with E-state index in [2.05, 4.69) is 40.7 Å². The van der Waals surface area contributed by atoms with Crippen molar-refractivity contribution in [3.05, 3.63) is 29.5 Å². The molecule has 5 nitrogen and oxygen atoms in total. The number of aromatic nitrogens is 4. The van der Waals surface area contributed by atoms with E-state index >= 15 is 0 Å². The van der Waals surface area contributed by atoms with Crippen molar-refractivity contribution in [2.24, 2.45) is 7.05 Å². The largest absolute Gasteiger partial charge is 0.313 e. The Kier molecular flexibility index (Phi) is 3.81. The van der Waals surface area contributed by atoms with E-state index in [9.17, 15) is 0 Å². The summed E-state index contributed by atoms with van der Waals surface area (Å²) in [5, 5.41) is 7.89. The van der Waals surface area contributed by atoms with Crippen LogP contribution < -0.4 is 5.32 Å². The zero-order valence-corrected chi connectivity index (χ0v) is 11.6. The third-order valence-electron chi connectivity index (χ3n) is 3.13. The number of hydrogen-bond donors (Lipinski definition) is 1. The van der Waals surface area contributed by atoms with Gasteiger partial charge in [-0.3, -0.25) is 9.25 Å². The summed E-state index contributed by atoms with van der Waals surface area (Å²) in [5.41, 5.74) is 2.32. The van der Waals surface area contributed by atoms with Crippen LogP contribution in [0.15, 0.2) is 12.4 Å². The van der Waals surface area contributed by atoms with Gasteiger partial charge in [0.25, 0.3) is 0 Å². The Bertz CT molecular complexity index is 523. The van der Waals surface area contributed by atoms with Crippen LogP contribution in [0.2, 0.25) is 0 Å². The van der Waals surface area contributed by atoms with Crippen LogP contribution >= 0.6 is 0 Å². The quantitative estimate of drug-likeness (QED) is 0.872. The molecule has 0 unspecified atom stereocenters. The molecule has 0 aliphatic carbocycles. The number of nitrogens with one attached hydrogen (secondary N) is 1. The molecule has 2 rings (SSSR count). The van der Waals surface area contributed by atoms with Crippen molar-refractivity contribution in [2.75, 3.05) is 6.54 Å². The molecule has 0 amide bonds. The molecule has 2 aromatic rings. The van der Waals surface area contributed by atoms with Gasteiger partial charge >= 0.3 is 0 Å². The van der Waals surface area contributed by atoms with Gasteiger partial charge in [0, 0.05) is 38.0 Å². The molecule has 0 saturated heterocycles. The van der Waals surface area contributed by atoms with Gasteiger partial charge in [0.15, 0.2) is 0 Å². The molecule has 0 aliphatic heterocycles. The van der Waals surface area contributed by atoms with Gasteiger partial charge in [-0.05, 0) is 13.5 Å². The summed E-state index contributed by atoms with van der Waals surface area (Å²) in [7, 11) is 1.98. The highest BCUT2D eigenvalue weighted by atomic mass is 15.3. The lowest BCUT2D eigenvalue weighted by molar-refractivity contribution is 0.693. The first-order chi connectivity index (χ1) is 8.69. The van der Waals surface area contributed by atoms with Gasteiger partial charge < -0.3 is 5.32 Å². The lowest BCUT2D eigenvalue weighted by atomic mass is 10.2. The second-order valence-electron chi connectivity index (χ2n) is 4.36. The second-order valence-corrected chi connectivity index (χ2v) is 4.36. The number of hydrogen-bond acceptors (Lipinski definition) is 3. The van der Waals surface area contributed by atoms with Gasteiger partial charge in [-0.25, -0.2) is 4.98 Å². The summed E-state index contributed by atoms with van der Waals surface area (Å²) >= 11 is 0. The number of nitrogens with zero attached hydrogens (tertiary/aromatic N) is 4. The van der Waals surface area contributed by atoms with Gasteiger partial charge in [0.05, 0.1) is 5.69 Å². The molecule has 0 radical (unpaired) electrons. The predicted octanol–water partition coefficient (Wildman–Crippen LogP) is 1.59. The molecule has 0 fully saturated rings. The molecule has 2 aromatic heterocycles. The fraction of sp³-hybridized carbons (Fsp3) is 0.538. The maximum atomic E-state index is 4.52. The average Bonchev–Trinajstić information content (AvgIpc) is 2.90. The average molecular weight is 247 g/mol. The summed E-state index contributed by atoms with van der Waals surface area (Å²) in [4.78, 5) is 4.38. The molecule has 0 aromatic carbocycles. The molecular weight excluding hydrogens is 226 g/mol. The van der Waals surface area contributed by atoms with Crippen molar-refractivity contribution in [2.45, 2.75) is 33.7 Å². The normalized spacial score (nSPS) is 11.1. The lowest BCUT2D eigenvalue weighted by Gasteiger charge is -2.10. The van der Waals surface area contributed by atoms with Crippen molar-refractivity contribution >= 4 is 0 Å². The van der Waals surface area contributed by atoms with E-state index in [1.165, 1.54) is 5.56 Å². The van der Waals surface area contributed by atoms with Gasteiger partial charge in [0.2, 0.25) is 0 Å². The summed E-state index contributed by atoms with van der Waals surface area (Å²) in [6.45, 7) is 8.08. The maximum absolute atomic E-state index is 4.52. The first kappa shape index (κ1) is 12.8. The van der Waals surface area contributed by atoms with Crippen molar-refractivity contribution in [3.63, 3.8) is 0 Å². The molecule has 0 aliphatic rings. The Morgan fingerprint density at radius 2 is 2.11 bits per heavy atom. The third-order valence-corrected chi connectivity index (χ3v) is 3.13. The van der Waals surface area contributed by atoms with E-state index in [4.69, 9.17) is 0 Å². The van der Waals surface area contributed by atoms with Crippen LogP contribution in [0.5, 0.6) is 0 Å². The Morgan fingerprint density at radius 3 is 2.78 bits per heavy atom. The Labute approximate surface area is 108 Å². The molecule has 0 saturated carbocycles. The highest BCUT2D eigenvalue weighted by molar-refractivity contribution is 5.39. The fourth-order valence-electron chi connectivity index (χ4n) is 2.24. The molecule has 18 heavy (non-hydrogen) atoms. The summed E-state index contributed by atoms with van der Waals surface area (Å²) < 4.78 is 4.06. The second kappa shape index (κ2) is 5.35. The van der Waals surface area contributed by atoms with Crippen LogP contribution in [0, 0.1) is 6.92 Å². The monoisotopic (exact) mass is 247 g/mol. The zero-order chi connectivity index (χ0) is 13.1. The molecule has 2 heterocycles. The number of imidazole rings is 1. The maximum Gasteiger partial charge on any atom is 0.140 e. The first-order valence-corrected chi connectivity index (χ1v) is 6.44. The van der Waals surface area contributed by atoms with Crippen LogP contribution in [-0.2, 0) is 20.0 Å². The van der Waals surface area contributed by atoms with E-state index in [0.717, 1.165) is 36.8 Å². The summed E-state index contributed by atoms with van der Waals surface area (Å²) in [5.74, 6) is 2.18. The van der Waals surface area contributed by atoms with Gasteiger partial charge in [-0.15, -0.1) is 0 Å². The Balaban J connectivity index is 2.49. The van der Waals surface area contributed by atoms with Crippen LogP contribution in [-0.4, -0.2) is 25.9 Å². The molecule has 0 bridgehead atoms. The van der Waals surface area contributed by atoms with Crippen molar-refractivity contribution in [1.29, 1.82) is 0 Å². The van der Waals surface area contributed by atoms with Gasteiger partial charge in [-0.2, -0.15) is 5.10 Å². The lowest BCUT2D eigenvalue weighted by Crippen LogP contribution is -2.15. The van der Waals surface area contributed by atoms with Crippen LogP contribution in [0.4, 0.5) is 0 Å². The topological polar surface area (TPSA) is 47.7 Å². The summed E-state index contributed by atoms with van der Waals surface area (Å²) in [6.07, 6.45) is 4.76. The van der Waals surface area contributed by atoms with Crippen LogP contribution in [0.3, 0.4) is 0 Å². The first-order valence-electron chi connectivity index (χ1n) is 6.44. The van der Waals surface area contributed by atoms with Crippen molar-refractivity contribution in [1.82, 2.24) is 24.6 Å². The van der Waals surface area contributed by atoms with E-state index in [1.54, 1.807) is 0 Å². The number of aryl methyl sites for hydroxylation is 3. The number of rotatable bonds is 5. The minimum Gasteiger partial charge on any atom is -0.313 e. The molecule has 98 valence electrons. The minimum atomic E-state index is 0.840. The fourth-order valence-corrected chi connectivity index (χ4v) is 2.24. The van der Waals surface area contributed by atoms with E-state index < -0.39 is 0 Å². The van der Waals surface area contributed by atoms with E-state index in [-0.39, 0.29) is 0 Å². The van der Waals surface area contributed by atoms with Gasteiger partial charge in [0.1, 0.15) is 11.6 Å². The minimum absolute atomic E-state index is 0.840. The van der Waals surface area contributed by atoms with Crippen molar-refractivity contribution in [3.8, 4) is 5.82 Å². The standard InChI is InChI=1S/C13H21N5/c1-5-12-15-7-8-18(12)13-11(9-14-6-2)10(3)16-17(13)4/h7-8,14H,5-6,9H2,1-4H3. The highest BCUT2D eigenvalue weighted by Gasteiger charge is 2.16. The molecule has 5 heteroatoms. The smallest absolute Gasteiger partial charge is 0.140 e.